The number of halogens is 2. The van der Waals surface area contributed by atoms with Crippen LogP contribution in [0.25, 0.3) is 0 Å². The van der Waals surface area contributed by atoms with Crippen LogP contribution in [-0.2, 0) is 12.3 Å². The molecule has 5 heteroatoms. The van der Waals surface area contributed by atoms with Gasteiger partial charge in [-0.25, -0.2) is 4.98 Å². The predicted molar refractivity (Wildman–Crippen MR) is 53.0 cm³/mol. The first kappa shape index (κ1) is 12.1. The molecular weight excluding hydrogens is 202 g/mol. The van der Waals surface area contributed by atoms with Crippen LogP contribution >= 0.6 is 0 Å². The molecule has 0 bridgehead atoms. The van der Waals surface area contributed by atoms with Crippen molar-refractivity contribution in [2.75, 3.05) is 7.05 Å². The van der Waals surface area contributed by atoms with E-state index in [0.29, 0.717) is 12.3 Å². The van der Waals surface area contributed by atoms with Crippen molar-refractivity contribution in [3.63, 3.8) is 0 Å². The largest absolute Gasteiger partial charge is 0.439 e. The molecule has 0 aromatic carbocycles. The van der Waals surface area contributed by atoms with Crippen molar-refractivity contribution in [2.45, 2.75) is 39.2 Å². The molecule has 1 aromatic heterocycles. The van der Waals surface area contributed by atoms with Crippen LogP contribution in [0.4, 0.5) is 8.78 Å². The number of oxazole rings is 1. The molecule has 3 nitrogen and oxygen atoms in total. The molecule has 0 aliphatic rings. The predicted octanol–water partition coefficient (Wildman–Crippen LogP) is 2.25. The van der Waals surface area contributed by atoms with Gasteiger partial charge in [-0.05, 0) is 20.9 Å². The van der Waals surface area contributed by atoms with Gasteiger partial charge in [0.15, 0.2) is 11.7 Å². The Balaban J connectivity index is 2.86. The van der Waals surface area contributed by atoms with Crippen LogP contribution in [0.5, 0.6) is 0 Å². The number of aromatic nitrogens is 1. The first-order chi connectivity index (χ1) is 6.84. The lowest BCUT2D eigenvalue weighted by molar-refractivity contribution is -0.00708. The van der Waals surface area contributed by atoms with Gasteiger partial charge in [-0.1, -0.05) is 0 Å². The normalized spacial score (nSPS) is 14.3. The van der Waals surface area contributed by atoms with Crippen LogP contribution in [0, 0.1) is 6.92 Å². The minimum Gasteiger partial charge on any atom is -0.439 e. The third-order valence-corrected chi connectivity index (χ3v) is 2.21. The van der Waals surface area contributed by atoms with E-state index in [1.165, 1.54) is 6.92 Å². The minimum absolute atomic E-state index is 0.154. The molecule has 0 amide bonds. The SMILES string of the molecule is CNC(C)Cc1nc(C)c(C(C)(F)F)o1. The van der Waals surface area contributed by atoms with Gasteiger partial charge in [-0.3, -0.25) is 0 Å². The van der Waals surface area contributed by atoms with E-state index in [-0.39, 0.29) is 17.5 Å². The lowest BCUT2D eigenvalue weighted by Crippen LogP contribution is -2.23. The Morgan fingerprint density at radius 2 is 2.13 bits per heavy atom. The highest BCUT2D eigenvalue weighted by Crippen LogP contribution is 2.30. The molecule has 86 valence electrons. The number of rotatable bonds is 4. The van der Waals surface area contributed by atoms with Crippen molar-refractivity contribution in [3.8, 4) is 0 Å². The number of hydrogen-bond donors (Lipinski definition) is 1. The van der Waals surface area contributed by atoms with E-state index in [4.69, 9.17) is 4.42 Å². The monoisotopic (exact) mass is 218 g/mol. The van der Waals surface area contributed by atoms with Gasteiger partial charge in [-0.15, -0.1) is 0 Å². The summed E-state index contributed by atoms with van der Waals surface area (Å²) < 4.78 is 31.0. The molecule has 1 aromatic rings. The number of nitrogens with one attached hydrogen (secondary N) is 1. The van der Waals surface area contributed by atoms with Crippen LogP contribution in [0.3, 0.4) is 0 Å². The topological polar surface area (TPSA) is 38.1 Å². The molecule has 1 atom stereocenters. The lowest BCUT2D eigenvalue weighted by atomic mass is 10.2. The van der Waals surface area contributed by atoms with Crippen molar-refractivity contribution < 1.29 is 13.2 Å². The molecule has 0 fully saturated rings. The number of aryl methyl sites for hydroxylation is 1. The molecule has 1 N–H and O–H groups in total. The summed E-state index contributed by atoms with van der Waals surface area (Å²) >= 11 is 0. The molecule has 1 rings (SSSR count). The van der Waals surface area contributed by atoms with Crippen molar-refractivity contribution in [1.82, 2.24) is 10.3 Å². The average Bonchev–Trinajstić information content (AvgIpc) is 2.45. The highest BCUT2D eigenvalue weighted by molar-refractivity contribution is 5.13. The molecule has 1 unspecified atom stereocenters. The summed E-state index contributed by atoms with van der Waals surface area (Å²) in [6, 6.07) is 0.154. The maximum Gasteiger partial charge on any atom is 0.303 e. The Morgan fingerprint density at radius 1 is 1.53 bits per heavy atom. The fourth-order valence-corrected chi connectivity index (χ4v) is 1.31. The van der Waals surface area contributed by atoms with Gasteiger partial charge in [0.2, 0.25) is 0 Å². The van der Waals surface area contributed by atoms with Gasteiger partial charge >= 0.3 is 5.92 Å². The van der Waals surface area contributed by atoms with Gasteiger partial charge in [0.25, 0.3) is 0 Å². The maximum absolute atomic E-state index is 13.0. The molecule has 15 heavy (non-hydrogen) atoms. The van der Waals surface area contributed by atoms with Crippen LogP contribution in [0.1, 0.15) is 31.2 Å². The van der Waals surface area contributed by atoms with E-state index in [9.17, 15) is 8.78 Å². The van der Waals surface area contributed by atoms with Crippen molar-refractivity contribution >= 4 is 0 Å². The van der Waals surface area contributed by atoms with E-state index >= 15 is 0 Å². The molecule has 0 saturated heterocycles. The second-order valence-corrected chi connectivity index (χ2v) is 3.80. The standard InChI is InChI=1S/C10H16F2N2O/c1-6(13-4)5-8-14-7(2)9(15-8)10(3,11)12/h6,13H,5H2,1-4H3. The number of hydrogen-bond acceptors (Lipinski definition) is 3. The van der Waals surface area contributed by atoms with Crippen LogP contribution in [0.15, 0.2) is 4.42 Å². The third-order valence-electron chi connectivity index (χ3n) is 2.21. The summed E-state index contributed by atoms with van der Waals surface area (Å²) in [4.78, 5) is 3.98. The Morgan fingerprint density at radius 3 is 2.53 bits per heavy atom. The fourth-order valence-electron chi connectivity index (χ4n) is 1.31. The summed E-state index contributed by atoms with van der Waals surface area (Å²) in [6.07, 6.45) is 0.507. The van der Waals surface area contributed by atoms with Gasteiger partial charge in [0.1, 0.15) is 0 Å². The molecule has 0 spiro atoms. The Kier molecular flexibility index (Phi) is 3.44. The number of alkyl halides is 2. The highest BCUT2D eigenvalue weighted by Gasteiger charge is 2.32. The summed E-state index contributed by atoms with van der Waals surface area (Å²) in [7, 11) is 1.80. The molecule has 0 aliphatic heterocycles. The number of nitrogens with zero attached hydrogens (tertiary/aromatic N) is 1. The Bertz CT molecular complexity index is 331. The zero-order valence-corrected chi connectivity index (χ0v) is 9.40. The number of likely N-dealkylation sites (N-methyl/N-ethyl adjacent to an activating group) is 1. The van der Waals surface area contributed by atoms with Crippen LogP contribution < -0.4 is 5.32 Å². The summed E-state index contributed by atoms with van der Waals surface area (Å²) in [5.74, 6) is -2.94. The van der Waals surface area contributed by atoms with Gasteiger partial charge < -0.3 is 9.73 Å². The van der Waals surface area contributed by atoms with Crippen molar-refractivity contribution in [1.29, 1.82) is 0 Å². The van der Waals surface area contributed by atoms with Crippen LogP contribution in [0.2, 0.25) is 0 Å². The zero-order valence-electron chi connectivity index (χ0n) is 9.40. The molecule has 0 saturated carbocycles. The highest BCUT2D eigenvalue weighted by atomic mass is 19.3. The maximum atomic E-state index is 13.0. The molecule has 1 heterocycles. The van der Waals surface area contributed by atoms with Gasteiger partial charge in [0.05, 0.1) is 5.69 Å². The second kappa shape index (κ2) is 4.26. The quantitative estimate of drug-likeness (QED) is 0.842. The summed E-state index contributed by atoms with van der Waals surface area (Å²) in [5.41, 5.74) is 0.265. The van der Waals surface area contributed by atoms with Crippen molar-refractivity contribution in [2.24, 2.45) is 0 Å². The van der Waals surface area contributed by atoms with Gasteiger partial charge in [0, 0.05) is 19.4 Å². The summed E-state index contributed by atoms with van der Waals surface area (Å²) in [6.45, 7) is 4.28. The molecule has 0 aliphatic carbocycles. The first-order valence-corrected chi connectivity index (χ1v) is 4.86. The van der Waals surface area contributed by atoms with E-state index in [1.807, 2.05) is 6.92 Å². The molecule has 0 radical (unpaired) electrons. The minimum atomic E-state index is -2.96. The Hall–Kier alpha value is -0.970. The zero-order chi connectivity index (χ0) is 11.6. The molecular formula is C10H16F2N2O. The average molecular weight is 218 g/mol. The lowest BCUT2D eigenvalue weighted by Gasteiger charge is -2.07. The fraction of sp³-hybridized carbons (Fsp3) is 0.700. The first-order valence-electron chi connectivity index (χ1n) is 4.86. The smallest absolute Gasteiger partial charge is 0.303 e. The Labute approximate surface area is 87.9 Å². The van der Waals surface area contributed by atoms with E-state index in [1.54, 1.807) is 7.05 Å². The van der Waals surface area contributed by atoms with Crippen molar-refractivity contribution in [3.05, 3.63) is 17.3 Å². The summed E-state index contributed by atoms with van der Waals surface area (Å²) in [5, 5.41) is 2.99. The third kappa shape index (κ3) is 2.99. The second-order valence-electron chi connectivity index (χ2n) is 3.80. The van der Waals surface area contributed by atoms with Crippen LogP contribution in [-0.4, -0.2) is 18.1 Å². The van der Waals surface area contributed by atoms with E-state index in [2.05, 4.69) is 10.3 Å². The van der Waals surface area contributed by atoms with E-state index in [0.717, 1.165) is 6.92 Å². The van der Waals surface area contributed by atoms with Gasteiger partial charge in [-0.2, -0.15) is 8.78 Å². The van der Waals surface area contributed by atoms with E-state index < -0.39 is 5.92 Å².